The van der Waals surface area contributed by atoms with Gasteiger partial charge in [0.15, 0.2) is 0 Å². The molecular formula is C15H16N4O4. The van der Waals surface area contributed by atoms with Crippen LogP contribution in [0.2, 0.25) is 0 Å². The van der Waals surface area contributed by atoms with Crippen LogP contribution in [-0.4, -0.2) is 59.4 Å². The summed E-state index contributed by atoms with van der Waals surface area (Å²) in [6, 6.07) is 7.05. The van der Waals surface area contributed by atoms with Crippen LogP contribution in [0.1, 0.15) is 6.92 Å². The van der Waals surface area contributed by atoms with Crippen molar-refractivity contribution in [1.29, 1.82) is 0 Å². The lowest BCUT2D eigenvalue weighted by Crippen LogP contribution is -2.44. The third-order valence-corrected chi connectivity index (χ3v) is 3.93. The number of hydrogen-bond acceptors (Lipinski definition) is 4. The maximum Gasteiger partial charge on any atom is 0.332 e. The van der Waals surface area contributed by atoms with E-state index in [0.717, 1.165) is 9.80 Å². The molecule has 1 aromatic carbocycles. The molecule has 1 unspecified atom stereocenters. The Balaban J connectivity index is 1.78. The average Bonchev–Trinajstić information content (AvgIpc) is 3.06. The van der Waals surface area contributed by atoms with Gasteiger partial charge in [-0.2, -0.15) is 0 Å². The smallest absolute Gasteiger partial charge is 0.332 e. The van der Waals surface area contributed by atoms with E-state index in [2.05, 4.69) is 5.32 Å². The Morgan fingerprint density at radius 2 is 1.91 bits per heavy atom. The van der Waals surface area contributed by atoms with Gasteiger partial charge in [0.25, 0.3) is 11.8 Å². The summed E-state index contributed by atoms with van der Waals surface area (Å²) in [5.41, 5.74) is 0.590. The molecule has 1 N–H and O–H groups in total. The standard InChI is InChI=1S/C15H16N4O4/c1-10-13(21)18(9-12(20)17-8-7-16-14(17)22)15(23)19(10)11-5-3-2-4-6-11/h2-6,10H,7-9H2,1H3,(H,16,22). The Labute approximate surface area is 132 Å². The molecule has 6 amide bonds. The summed E-state index contributed by atoms with van der Waals surface area (Å²) in [5, 5.41) is 2.51. The number of amides is 6. The highest BCUT2D eigenvalue weighted by Crippen LogP contribution is 2.25. The average molecular weight is 316 g/mol. The van der Waals surface area contributed by atoms with E-state index < -0.39 is 36.5 Å². The summed E-state index contributed by atoms with van der Waals surface area (Å²) in [6.45, 7) is 1.80. The maximum atomic E-state index is 12.5. The fraction of sp³-hybridized carbons (Fsp3) is 0.333. The van der Waals surface area contributed by atoms with Gasteiger partial charge < -0.3 is 5.32 Å². The largest absolute Gasteiger partial charge is 0.336 e. The van der Waals surface area contributed by atoms with Crippen molar-refractivity contribution in [1.82, 2.24) is 15.1 Å². The molecule has 1 aromatic rings. The van der Waals surface area contributed by atoms with Crippen LogP contribution in [0, 0.1) is 0 Å². The lowest BCUT2D eigenvalue weighted by molar-refractivity contribution is -0.135. The second kappa shape index (κ2) is 5.71. The van der Waals surface area contributed by atoms with Crippen molar-refractivity contribution in [3.63, 3.8) is 0 Å². The van der Waals surface area contributed by atoms with Gasteiger partial charge in [-0.05, 0) is 19.1 Å². The van der Waals surface area contributed by atoms with Gasteiger partial charge in [0, 0.05) is 18.8 Å². The number of nitrogens with zero attached hydrogens (tertiary/aromatic N) is 3. The summed E-state index contributed by atoms with van der Waals surface area (Å²) in [7, 11) is 0. The van der Waals surface area contributed by atoms with Crippen LogP contribution >= 0.6 is 0 Å². The highest BCUT2D eigenvalue weighted by Gasteiger charge is 2.45. The minimum Gasteiger partial charge on any atom is -0.336 e. The monoisotopic (exact) mass is 316 g/mol. The molecule has 120 valence electrons. The first-order chi connectivity index (χ1) is 11.0. The predicted octanol–water partition coefficient (Wildman–Crippen LogP) is 0.395. The molecule has 3 rings (SSSR count). The van der Waals surface area contributed by atoms with Crippen molar-refractivity contribution in [2.24, 2.45) is 0 Å². The topological polar surface area (TPSA) is 90.0 Å². The van der Waals surface area contributed by atoms with E-state index in [4.69, 9.17) is 0 Å². The summed E-state index contributed by atoms with van der Waals surface area (Å²) in [4.78, 5) is 51.7. The zero-order chi connectivity index (χ0) is 16.6. The number of nitrogens with one attached hydrogen (secondary N) is 1. The molecule has 0 bridgehead atoms. The van der Waals surface area contributed by atoms with E-state index in [1.165, 1.54) is 4.90 Å². The fourth-order valence-electron chi connectivity index (χ4n) is 2.72. The summed E-state index contributed by atoms with van der Waals surface area (Å²) in [6.07, 6.45) is 0. The number of urea groups is 2. The highest BCUT2D eigenvalue weighted by atomic mass is 16.2. The zero-order valence-corrected chi connectivity index (χ0v) is 12.6. The summed E-state index contributed by atoms with van der Waals surface area (Å²) >= 11 is 0. The minimum atomic E-state index is -0.690. The number of carbonyl (C=O) groups is 4. The van der Waals surface area contributed by atoms with E-state index in [1.807, 2.05) is 6.07 Å². The van der Waals surface area contributed by atoms with Crippen LogP contribution in [0.3, 0.4) is 0 Å². The van der Waals surface area contributed by atoms with E-state index in [9.17, 15) is 19.2 Å². The number of para-hydroxylation sites is 1. The third-order valence-electron chi connectivity index (χ3n) is 3.93. The lowest BCUT2D eigenvalue weighted by Gasteiger charge is -2.20. The van der Waals surface area contributed by atoms with Crippen molar-refractivity contribution >= 4 is 29.6 Å². The van der Waals surface area contributed by atoms with Crippen molar-refractivity contribution < 1.29 is 19.2 Å². The quantitative estimate of drug-likeness (QED) is 0.817. The number of imide groups is 2. The Morgan fingerprint density at radius 1 is 1.22 bits per heavy atom. The number of carbonyl (C=O) groups excluding carboxylic acids is 4. The number of anilines is 1. The molecule has 2 fully saturated rings. The first-order valence-corrected chi connectivity index (χ1v) is 7.28. The van der Waals surface area contributed by atoms with Crippen LogP contribution in [0.4, 0.5) is 15.3 Å². The molecular weight excluding hydrogens is 300 g/mol. The molecule has 0 aliphatic carbocycles. The predicted molar refractivity (Wildman–Crippen MR) is 80.6 cm³/mol. The van der Waals surface area contributed by atoms with E-state index >= 15 is 0 Å². The number of benzene rings is 1. The van der Waals surface area contributed by atoms with E-state index in [-0.39, 0.29) is 6.54 Å². The summed E-state index contributed by atoms with van der Waals surface area (Å²) in [5.74, 6) is -1.02. The van der Waals surface area contributed by atoms with Gasteiger partial charge in [-0.15, -0.1) is 0 Å². The molecule has 23 heavy (non-hydrogen) atoms. The van der Waals surface area contributed by atoms with Gasteiger partial charge in [-0.1, -0.05) is 18.2 Å². The van der Waals surface area contributed by atoms with Crippen molar-refractivity contribution in [3.05, 3.63) is 30.3 Å². The fourth-order valence-corrected chi connectivity index (χ4v) is 2.72. The molecule has 0 aromatic heterocycles. The van der Waals surface area contributed by atoms with Gasteiger partial charge >= 0.3 is 12.1 Å². The first-order valence-electron chi connectivity index (χ1n) is 7.28. The van der Waals surface area contributed by atoms with Gasteiger partial charge in [0.2, 0.25) is 0 Å². The van der Waals surface area contributed by atoms with E-state index in [0.29, 0.717) is 12.2 Å². The van der Waals surface area contributed by atoms with Crippen LogP contribution in [0.5, 0.6) is 0 Å². The Morgan fingerprint density at radius 3 is 2.52 bits per heavy atom. The van der Waals surface area contributed by atoms with Gasteiger partial charge in [-0.25, -0.2) is 9.59 Å². The molecule has 8 nitrogen and oxygen atoms in total. The second-order valence-electron chi connectivity index (χ2n) is 5.37. The van der Waals surface area contributed by atoms with Crippen LogP contribution < -0.4 is 10.2 Å². The molecule has 0 spiro atoms. The normalized spacial score (nSPS) is 21.2. The van der Waals surface area contributed by atoms with E-state index in [1.54, 1.807) is 31.2 Å². The molecule has 0 saturated carbocycles. The molecule has 2 aliphatic heterocycles. The number of rotatable bonds is 3. The highest BCUT2D eigenvalue weighted by molar-refractivity contribution is 6.15. The minimum absolute atomic E-state index is 0.242. The van der Waals surface area contributed by atoms with Gasteiger partial charge in [-0.3, -0.25) is 24.3 Å². The molecule has 2 saturated heterocycles. The van der Waals surface area contributed by atoms with Gasteiger partial charge in [0.1, 0.15) is 12.6 Å². The van der Waals surface area contributed by atoms with Crippen LogP contribution in [0.25, 0.3) is 0 Å². The third kappa shape index (κ3) is 2.52. The number of hydrogen-bond donors (Lipinski definition) is 1. The van der Waals surface area contributed by atoms with Gasteiger partial charge in [0.05, 0.1) is 0 Å². The Hall–Kier alpha value is -2.90. The van der Waals surface area contributed by atoms with Crippen molar-refractivity contribution in [3.8, 4) is 0 Å². The summed E-state index contributed by atoms with van der Waals surface area (Å²) < 4.78 is 0. The molecule has 2 heterocycles. The molecule has 2 aliphatic rings. The lowest BCUT2D eigenvalue weighted by atomic mass is 10.2. The molecule has 0 radical (unpaired) electrons. The first kappa shape index (κ1) is 15.0. The van der Waals surface area contributed by atoms with Crippen molar-refractivity contribution in [2.45, 2.75) is 13.0 Å². The zero-order valence-electron chi connectivity index (χ0n) is 12.6. The Kier molecular flexibility index (Phi) is 3.73. The SMILES string of the molecule is CC1C(=O)N(CC(=O)N2CCNC2=O)C(=O)N1c1ccccc1. The van der Waals surface area contributed by atoms with Crippen molar-refractivity contribution in [2.75, 3.05) is 24.5 Å². The van der Waals surface area contributed by atoms with Crippen LogP contribution in [-0.2, 0) is 9.59 Å². The molecule has 1 atom stereocenters. The maximum absolute atomic E-state index is 12.5. The molecule has 8 heteroatoms. The Bertz CT molecular complexity index is 675. The second-order valence-corrected chi connectivity index (χ2v) is 5.37. The van der Waals surface area contributed by atoms with Crippen LogP contribution in [0.15, 0.2) is 30.3 Å².